The highest BCUT2D eigenvalue weighted by atomic mass is 19.2. The first-order valence-electron chi connectivity index (χ1n) is 4.66. The van der Waals surface area contributed by atoms with E-state index < -0.39 is 23.2 Å². The lowest BCUT2D eigenvalue weighted by atomic mass is 10.1. The van der Waals surface area contributed by atoms with Gasteiger partial charge < -0.3 is 9.84 Å². The molecule has 88 valence electrons. The van der Waals surface area contributed by atoms with E-state index in [0.29, 0.717) is 0 Å². The second-order valence-electron chi connectivity index (χ2n) is 4.01. The molecule has 0 unspecified atom stereocenters. The molecular weight excluding hydrogens is 218 g/mol. The molecule has 3 nitrogen and oxygen atoms in total. The molecule has 1 N–H and O–H groups in total. The molecule has 0 heterocycles. The fraction of sp³-hybridized carbons (Fsp3) is 0.364. The maximum absolute atomic E-state index is 12.8. The van der Waals surface area contributed by atoms with Crippen LogP contribution in [0.3, 0.4) is 0 Å². The summed E-state index contributed by atoms with van der Waals surface area (Å²) in [5.74, 6) is -2.91. The molecule has 0 saturated carbocycles. The van der Waals surface area contributed by atoms with Gasteiger partial charge in [0.05, 0.1) is 6.42 Å². The first-order chi connectivity index (χ1) is 7.30. The largest absolute Gasteiger partial charge is 0.487 e. The molecule has 0 fully saturated rings. The fourth-order valence-corrected chi connectivity index (χ4v) is 1.26. The maximum atomic E-state index is 12.8. The number of carboxylic acid groups (broad SMARTS) is 1. The number of ether oxygens (including phenoxy) is 1. The molecule has 0 amide bonds. The van der Waals surface area contributed by atoms with Crippen molar-refractivity contribution in [3.05, 3.63) is 29.8 Å². The van der Waals surface area contributed by atoms with Crippen LogP contribution in [-0.4, -0.2) is 16.7 Å². The smallest absolute Gasteiger partial charge is 0.307 e. The van der Waals surface area contributed by atoms with Crippen molar-refractivity contribution >= 4 is 5.97 Å². The van der Waals surface area contributed by atoms with Gasteiger partial charge in [0, 0.05) is 6.07 Å². The molecule has 16 heavy (non-hydrogen) atoms. The van der Waals surface area contributed by atoms with E-state index in [0.717, 1.165) is 12.1 Å². The molecule has 5 heteroatoms. The molecule has 1 aromatic carbocycles. The summed E-state index contributed by atoms with van der Waals surface area (Å²) in [6.07, 6.45) is -0.230. The minimum absolute atomic E-state index is 0.102. The normalized spacial score (nSPS) is 11.2. The highest BCUT2D eigenvalue weighted by molar-refractivity contribution is 5.68. The monoisotopic (exact) mass is 230 g/mol. The van der Waals surface area contributed by atoms with Gasteiger partial charge in [-0.05, 0) is 26.0 Å². The van der Waals surface area contributed by atoms with Crippen LogP contribution in [0.15, 0.2) is 18.2 Å². The van der Waals surface area contributed by atoms with Gasteiger partial charge in [0.15, 0.2) is 11.6 Å². The van der Waals surface area contributed by atoms with Gasteiger partial charge in [-0.25, -0.2) is 8.78 Å². The summed E-state index contributed by atoms with van der Waals surface area (Å²) in [7, 11) is 0. The van der Waals surface area contributed by atoms with E-state index in [1.807, 2.05) is 0 Å². The molecule has 0 aliphatic heterocycles. The van der Waals surface area contributed by atoms with E-state index in [1.165, 1.54) is 6.07 Å². The van der Waals surface area contributed by atoms with Crippen LogP contribution in [0.25, 0.3) is 0 Å². The number of benzene rings is 1. The molecule has 0 aliphatic rings. The van der Waals surface area contributed by atoms with Gasteiger partial charge in [-0.3, -0.25) is 4.79 Å². The van der Waals surface area contributed by atoms with Gasteiger partial charge in [0.25, 0.3) is 0 Å². The summed E-state index contributed by atoms with van der Waals surface area (Å²) in [6.45, 7) is 3.12. The van der Waals surface area contributed by atoms with Crippen LogP contribution >= 0.6 is 0 Å². The van der Waals surface area contributed by atoms with Gasteiger partial charge in [-0.2, -0.15) is 0 Å². The van der Waals surface area contributed by atoms with Crippen molar-refractivity contribution in [1.82, 2.24) is 0 Å². The van der Waals surface area contributed by atoms with E-state index in [2.05, 4.69) is 0 Å². The Bertz CT molecular complexity index is 402. The number of carboxylic acids is 1. The lowest BCUT2D eigenvalue weighted by Crippen LogP contribution is -2.31. The number of hydrogen-bond acceptors (Lipinski definition) is 2. The van der Waals surface area contributed by atoms with Crippen LogP contribution < -0.4 is 4.74 Å². The minimum Gasteiger partial charge on any atom is -0.487 e. The Kier molecular flexibility index (Phi) is 3.47. The van der Waals surface area contributed by atoms with Crippen LogP contribution in [0.1, 0.15) is 20.3 Å². The van der Waals surface area contributed by atoms with Gasteiger partial charge in [0.1, 0.15) is 11.4 Å². The summed E-state index contributed by atoms with van der Waals surface area (Å²) in [4.78, 5) is 10.5. The van der Waals surface area contributed by atoms with Crippen LogP contribution in [0.2, 0.25) is 0 Å². The first kappa shape index (κ1) is 12.4. The number of rotatable bonds is 4. The van der Waals surface area contributed by atoms with Gasteiger partial charge in [-0.1, -0.05) is 0 Å². The Morgan fingerprint density at radius 1 is 1.38 bits per heavy atom. The highest BCUT2D eigenvalue weighted by Crippen LogP contribution is 2.22. The number of hydrogen-bond donors (Lipinski definition) is 1. The Labute approximate surface area is 91.7 Å². The lowest BCUT2D eigenvalue weighted by molar-refractivity contribution is -0.140. The van der Waals surface area contributed by atoms with Crippen LogP contribution in [0, 0.1) is 11.6 Å². The third-order valence-electron chi connectivity index (χ3n) is 1.86. The van der Waals surface area contributed by atoms with E-state index in [9.17, 15) is 13.6 Å². The number of halogens is 2. The third kappa shape index (κ3) is 3.49. The zero-order chi connectivity index (χ0) is 12.3. The Morgan fingerprint density at radius 2 is 2.00 bits per heavy atom. The predicted octanol–water partition coefficient (Wildman–Crippen LogP) is 2.60. The Morgan fingerprint density at radius 3 is 2.50 bits per heavy atom. The fourth-order valence-electron chi connectivity index (χ4n) is 1.26. The molecule has 1 aromatic rings. The second-order valence-corrected chi connectivity index (χ2v) is 4.01. The zero-order valence-corrected chi connectivity index (χ0v) is 8.96. The molecule has 0 bridgehead atoms. The van der Waals surface area contributed by atoms with E-state index >= 15 is 0 Å². The van der Waals surface area contributed by atoms with Crippen LogP contribution in [0.5, 0.6) is 5.75 Å². The molecule has 0 spiro atoms. The van der Waals surface area contributed by atoms with Crippen molar-refractivity contribution < 1.29 is 23.4 Å². The SMILES string of the molecule is CC(C)(CC(=O)O)Oc1ccc(F)c(F)c1. The van der Waals surface area contributed by atoms with E-state index in [1.54, 1.807) is 13.8 Å². The maximum Gasteiger partial charge on any atom is 0.307 e. The Balaban J connectivity index is 2.79. The summed E-state index contributed by atoms with van der Waals surface area (Å²) < 4.78 is 30.7. The van der Waals surface area contributed by atoms with Crippen molar-refractivity contribution in [2.75, 3.05) is 0 Å². The average molecular weight is 230 g/mol. The molecule has 0 atom stereocenters. The molecule has 0 radical (unpaired) electrons. The summed E-state index contributed by atoms with van der Waals surface area (Å²) in [6, 6.07) is 3.07. The minimum atomic E-state index is -1.02. The number of carbonyl (C=O) groups is 1. The van der Waals surface area contributed by atoms with Gasteiger partial charge in [0.2, 0.25) is 0 Å². The van der Waals surface area contributed by atoms with Crippen molar-refractivity contribution in [1.29, 1.82) is 0 Å². The van der Waals surface area contributed by atoms with Crippen LogP contribution in [0.4, 0.5) is 8.78 Å². The van der Waals surface area contributed by atoms with Crippen molar-refractivity contribution in [3.63, 3.8) is 0 Å². The second kappa shape index (κ2) is 4.47. The Hall–Kier alpha value is -1.65. The third-order valence-corrected chi connectivity index (χ3v) is 1.86. The number of aliphatic carboxylic acids is 1. The molecule has 0 aliphatic carbocycles. The predicted molar refractivity (Wildman–Crippen MR) is 53.3 cm³/mol. The topological polar surface area (TPSA) is 46.5 Å². The van der Waals surface area contributed by atoms with Gasteiger partial charge >= 0.3 is 5.97 Å². The summed E-state index contributed by atoms with van der Waals surface area (Å²) >= 11 is 0. The average Bonchev–Trinajstić information content (AvgIpc) is 2.08. The van der Waals surface area contributed by atoms with E-state index in [4.69, 9.17) is 9.84 Å². The van der Waals surface area contributed by atoms with Crippen molar-refractivity contribution in [3.8, 4) is 5.75 Å². The van der Waals surface area contributed by atoms with Gasteiger partial charge in [-0.15, -0.1) is 0 Å². The molecular formula is C11H12F2O3. The lowest BCUT2D eigenvalue weighted by Gasteiger charge is -2.24. The standard InChI is InChI=1S/C11H12F2O3/c1-11(2,6-10(14)15)16-7-3-4-8(12)9(13)5-7/h3-5H,6H2,1-2H3,(H,14,15). The molecule has 1 rings (SSSR count). The highest BCUT2D eigenvalue weighted by Gasteiger charge is 2.24. The van der Waals surface area contributed by atoms with Crippen molar-refractivity contribution in [2.24, 2.45) is 0 Å². The molecule has 0 aromatic heterocycles. The van der Waals surface area contributed by atoms with Crippen molar-refractivity contribution in [2.45, 2.75) is 25.9 Å². The summed E-state index contributed by atoms with van der Waals surface area (Å²) in [5, 5.41) is 8.61. The zero-order valence-electron chi connectivity index (χ0n) is 8.96. The van der Waals surface area contributed by atoms with Crippen LogP contribution in [-0.2, 0) is 4.79 Å². The quantitative estimate of drug-likeness (QED) is 0.864. The summed E-state index contributed by atoms with van der Waals surface area (Å²) in [5.41, 5.74) is -0.976. The molecule has 0 saturated heterocycles. The van der Waals surface area contributed by atoms with E-state index in [-0.39, 0.29) is 12.2 Å². The first-order valence-corrected chi connectivity index (χ1v) is 4.66.